The van der Waals surface area contributed by atoms with Crippen molar-refractivity contribution in [1.29, 1.82) is 0 Å². The number of pyridine rings is 1. The average Bonchev–Trinajstić information content (AvgIpc) is 3.64. The first-order chi connectivity index (χ1) is 23.0. The molecule has 1 saturated heterocycles. The molecule has 11 nitrogen and oxygen atoms in total. The van der Waals surface area contributed by atoms with Gasteiger partial charge < -0.3 is 29.4 Å². The number of fused-ring (bicyclic) bond motifs is 1. The molecule has 6 rings (SSSR count). The minimum atomic E-state index is -1.35. The SMILES string of the molecule is C[Si](C)(C)CCOCn1c(C(=O)c2cnn(-c3ccc(Oc4cc(F)ccc4F)nc3)c2N)cc2cc(C(=O)N3CCOCC3)ccc21. The van der Waals surface area contributed by atoms with Crippen molar-refractivity contribution < 1.29 is 32.6 Å². The summed E-state index contributed by atoms with van der Waals surface area (Å²) >= 11 is 0. The van der Waals surface area contributed by atoms with Gasteiger partial charge in [0.2, 0.25) is 11.7 Å². The molecule has 3 aromatic heterocycles. The number of carbonyl (C=O) groups excluding carboxylic acids is 2. The van der Waals surface area contributed by atoms with Crippen LogP contribution in [0.4, 0.5) is 14.6 Å². The van der Waals surface area contributed by atoms with Crippen LogP contribution in [0, 0.1) is 11.6 Å². The van der Waals surface area contributed by atoms with Crippen molar-refractivity contribution in [3.05, 3.63) is 95.4 Å². The fraction of sp³-hybridized carbons (Fsp3) is 0.294. The molecule has 4 heterocycles. The number of benzene rings is 2. The Morgan fingerprint density at radius 2 is 1.79 bits per heavy atom. The largest absolute Gasteiger partial charge is 0.436 e. The molecule has 1 aliphatic rings. The van der Waals surface area contributed by atoms with Gasteiger partial charge in [0.15, 0.2) is 11.6 Å². The minimum Gasteiger partial charge on any atom is -0.436 e. The van der Waals surface area contributed by atoms with E-state index in [9.17, 15) is 18.4 Å². The Labute approximate surface area is 276 Å². The summed E-state index contributed by atoms with van der Waals surface area (Å²) in [6.45, 7) is 9.52. The average molecular weight is 675 g/mol. The topological polar surface area (TPSA) is 127 Å². The standard InChI is InChI=1S/C34H36F2N6O5Si/c1-48(2,3)15-14-46-21-41-28-8-4-22(34(44)40-10-12-45-13-11-40)16-23(28)17-29(41)32(43)26-20-39-42(33(26)37)25-6-9-31(38-19-25)47-30-18-24(35)5-7-27(30)36/h4-9,16-20H,10-15,21,37H2,1-3H3. The van der Waals surface area contributed by atoms with Gasteiger partial charge in [-0.05, 0) is 48.5 Å². The van der Waals surface area contributed by atoms with Gasteiger partial charge in [-0.2, -0.15) is 5.10 Å². The highest BCUT2D eigenvalue weighted by Gasteiger charge is 2.25. The van der Waals surface area contributed by atoms with Crippen molar-refractivity contribution in [2.24, 2.45) is 0 Å². The Hall–Kier alpha value is -4.92. The molecule has 0 bridgehead atoms. The zero-order valence-corrected chi connectivity index (χ0v) is 27.9. The molecular weight excluding hydrogens is 638 g/mol. The van der Waals surface area contributed by atoms with E-state index in [4.69, 9.17) is 19.9 Å². The zero-order valence-electron chi connectivity index (χ0n) is 26.9. The summed E-state index contributed by atoms with van der Waals surface area (Å²) in [7, 11) is -1.35. The maximum absolute atomic E-state index is 14.1. The first-order valence-corrected chi connectivity index (χ1v) is 19.2. The van der Waals surface area contributed by atoms with Crippen LogP contribution in [0.3, 0.4) is 0 Å². The molecule has 0 spiro atoms. The predicted molar refractivity (Wildman–Crippen MR) is 178 cm³/mol. The summed E-state index contributed by atoms with van der Waals surface area (Å²) in [6.07, 6.45) is 2.77. The van der Waals surface area contributed by atoms with Gasteiger partial charge in [-0.3, -0.25) is 9.59 Å². The van der Waals surface area contributed by atoms with E-state index in [1.54, 1.807) is 33.7 Å². The fourth-order valence-electron chi connectivity index (χ4n) is 5.32. The maximum atomic E-state index is 14.1. The number of carbonyl (C=O) groups is 2. The number of morpholine rings is 1. The lowest BCUT2D eigenvalue weighted by molar-refractivity contribution is 0.0303. The monoisotopic (exact) mass is 674 g/mol. The van der Waals surface area contributed by atoms with Gasteiger partial charge in [0.1, 0.15) is 18.4 Å². The van der Waals surface area contributed by atoms with Crippen molar-refractivity contribution in [3.63, 3.8) is 0 Å². The molecule has 0 atom stereocenters. The van der Waals surface area contributed by atoms with Crippen LogP contribution in [0.1, 0.15) is 26.4 Å². The van der Waals surface area contributed by atoms with Crippen LogP contribution in [-0.4, -0.2) is 76.9 Å². The maximum Gasteiger partial charge on any atom is 0.254 e. The van der Waals surface area contributed by atoms with Gasteiger partial charge in [0.05, 0.1) is 48.1 Å². The lowest BCUT2D eigenvalue weighted by Gasteiger charge is -2.26. The quantitative estimate of drug-likeness (QED) is 0.104. The second-order valence-electron chi connectivity index (χ2n) is 12.7. The highest BCUT2D eigenvalue weighted by Crippen LogP contribution is 2.28. The van der Waals surface area contributed by atoms with Gasteiger partial charge in [-0.25, -0.2) is 18.4 Å². The molecular formula is C34H36F2N6O5Si. The number of anilines is 1. The second kappa shape index (κ2) is 13.7. The smallest absolute Gasteiger partial charge is 0.254 e. The van der Waals surface area contributed by atoms with Crippen molar-refractivity contribution in [2.75, 3.05) is 38.6 Å². The molecule has 14 heteroatoms. The molecule has 0 radical (unpaired) electrons. The number of hydrogen-bond donors (Lipinski definition) is 1. The highest BCUT2D eigenvalue weighted by atomic mass is 28.3. The van der Waals surface area contributed by atoms with E-state index in [0.717, 1.165) is 29.8 Å². The number of nitrogens with two attached hydrogens (primary N) is 1. The molecule has 0 aliphatic carbocycles. The fourth-order valence-corrected chi connectivity index (χ4v) is 6.07. The van der Waals surface area contributed by atoms with Gasteiger partial charge in [-0.1, -0.05) is 19.6 Å². The number of ether oxygens (including phenoxy) is 3. The van der Waals surface area contributed by atoms with Gasteiger partial charge in [-0.15, -0.1) is 0 Å². The van der Waals surface area contributed by atoms with Gasteiger partial charge in [0, 0.05) is 50.9 Å². The Bertz CT molecular complexity index is 1970. The molecule has 0 unspecified atom stereocenters. The van der Waals surface area contributed by atoms with E-state index in [1.807, 2.05) is 6.07 Å². The van der Waals surface area contributed by atoms with Crippen molar-refractivity contribution in [2.45, 2.75) is 32.4 Å². The van der Waals surface area contributed by atoms with Crippen molar-refractivity contribution in [1.82, 2.24) is 24.2 Å². The van der Waals surface area contributed by atoms with Crippen LogP contribution in [0.25, 0.3) is 16.6 Å². The van der Waals surface area contributed by atoms with E-state index >= 15 is 0 Å². The lowest BCUT2D eigenvalue weighted by atomic mass is 10.1. The van der Waals surface area contributed by atoms with Crippen molar-refractivity contribution in [3.8, 4) is 17.3 Å². The summed E-state index contributed by atoms with van der Waals surface area (Å²) in [6, 6.07) is 14.0. The first-order valence-electron chi connectivity index (χ1n) is 15.5. The molecule has 48 heavy (non-hydrogen) atoms. The third kappa shape index (κ3) is 7.15. The Morgan fingerprint density at radius 1 is 1.00 bits per heavy atom. The molecule has 1 amide bonds. The first kappa shape index (κ1) is 33.0. The van der Waals surface area contributed by atoms with E-state index < -0.39 is 19.7 Å². The highest BCUT2D eigenvalue weighted by molar-refractivity contribution is 6.76. The van der Waals surface area contributed by atoms with E-state index in [2.05, 4.69) is 29.7 Å². The molecule has 250 valence electrons. The number of nitrogens with zero attached hydrogens (tertiary/aromatic N) is 5. The number of hydrogen-bond acceptors (Lipinski definition) is 8. The Kier molecular flexibility index (Phi) is 9.39. The zero-order chi connectivity index (χ0) is 34.0. The van der Waals surface area contributed by atoms with Crippen LogP contribution in [0.5, 0.6) is 11.6 Å². The minimum absolute atomic E-state index is 0.0235. The lowest BCUT2D eigenvalue weighted by Crippen LogP contribution is -2.40. The van der Waals surface area contributed by atoms with Crippen LogP contribution < -0.4 is 10.5 Å². The molecule has 0 saturated carbocycles. The molecule has 1 fully saturated rings. The van der Waals surface area contributed by atoms with Crippen LogP contribution in [0.2, 0.25) is 25.7 Å². The number of halogens is 2. The predicted octanol–water partition coefficient (Wildman–Crippen LogP) is 5.89. The Balaban J connectivity index is 1.28. The second-order valence-corrected chi connectivity index (χ2v) is 18.3. The van der Waals surface area contributed by atoms with E-state index in [1.165, 1.54) is 23.1 Å². The third-order valence-corrected chi connectivity index (χ3v) is 9.72. The number of nitrogen functional groups attached to an aromatic ring is 1. The van der Waals surface area contributed by atoms with Gasteiger partial charge in [0.25, 0.3) is 5.91 Å². The van der Waals surface area contributed by atoms with Crippen LogP contribution >= 0.6 is 0 Å². The number of ketones is 1. The molecule has 5 aromatic rings. The summed E-state index contributed by atoms with van der Waals surface area (Å²) in [5, 5.41) is 5.05. The van der Waals surface area contributed by atoms with E-state index in [-0.39, 0.29) is 41.4 Å². The third-order valence-electron chi connectivity index (χ3n) is 8.02. The normalized spacial score (nSPS) is 13.6. The van der Waals surface area contributed by atoms with E-state index in [0.29, 0.717) is 55.2 Å². The Morgan fingerprint density at radius 3 is 2.52 bits per heavy atom. The molecule has 2 N–H and O–H groups in total. The number of aromatic nitrogens is 4. The molecule has 2 aromatic carbocycles. The number of rotatable bonds is 11. The van der Waals surface area contributed by atoms with Gasteiger partial charge >= 0.3 is 0 Å². The summed E-state index contributed by atoms with van der Waals surface area (Å²) in [4.78, 5) is 33.2. The van der Waals surface area contributed by atoms with Crippen LogP contribution in [0.15, 0.2) is 67.0 Å². The summed E-state index contributed by atoms with van der Waals surface area (Å²) in [5.74, 6) is -2.06. The molecule has 1 aliphatic heterocycles. The number of amides is 1. The van der Waals surface area contributed by atoms with Crippen molar-refractivity contribution >= 4 is 36.5 Å². The summed E-state index contributed by atoms with van der Waals surface area (Å²) < 4.78 is 47.6. The summed E-state index contributed by atoms with van der Waals surface area (Å²) in [5.41, 5.74) is 8.64. The van der Waals surface area contributed by atoms with Crippen LogP contribution in [-0.2, 0) is 16.2 Å².